The highest BCUT2D eigenvalue weighted by Crippen LogP contribution is 2.38. The topological polar surface area (TPSA) is 76.6 Å². The van der Waals surface area contributed by atoms with Crippen LogP contribution in [0, 0.1) is 13.8 Å². The lowest BCUT2D eigenvalue weighted by molar-refractivity contribution is 0.0975. The molecule has 128 valence electrons. The van der Waals surface area contributed by atoms with Crippen molar-refractivity contribution in [1.82, 2.24) is 9.29 Å². The Hall–Kier alpha value is -2.67. The molecule has 2 aliphatic heterocycles. The van der Waals surface area contributed by atoms with E-state index in [4.69, 9.17) is 4.74 Å². The minimum Gasteiger partial charge on any atom is -0.489 e. The normalized spacial score (nSPS) is 18.5. The van der Waals surface area contributed by atoms with E-state index in [9.17, 15) is 13.2 Å². The largest absolute Gasteiger partial charge is 0.489 e. The van der Waals surface area contributed by atoms with Crippen molar-refractivity contribution in [3.63, 3.8) is 0 Å². The van der Waals surface area contributed by atoms with Gasteiger partial charge in [0.25, 0.3) is 10.0 Å². The first kappa shape index (κ1) is 15.8. The molecule has 0 aliphatic carbocycles. The van der Waals surface area contributed by atoms with Crippen LogP contribution in [0.15, 0.2) is 47.1 Å². The van der Waals surface area contributed by atoms with Crippen LogP contribution in [0.2, 0.25) is 0 Å². The SMILES string of the molecule is Cc1cc(C)c2c(n1)S(=O)(=O)N1CCOC(c3ccccc3)=C1C2=O. The number of Topliss-reactive ketones (excluding diaryl/α,β-unsaturated/α-hetero) is 1. The Morgan fingerprint density at radius 3 is 2.60 bits per heavy atom. The van der Waals surface area contributed by atoms with Gasteiger partial charge in [0.05, 0.1) is 12.1 Å². The third kappa shape index (κ3) is 2.26. The van der Waals surface area contributed by atoms with E-state index >= 15 is 0 Å². The number of hydrogen-bond acceptors (Lipinski definition) is 5. The maximum atomic E-state index is 13.2. The maximum Gasteiger partial charge on any atom is 0.282 e. The number of aryl methyl sites for hydroxylation is 2. The number of ketones is 1. The van der Waals surface area contributed by atoms with Crippen LogP contribution in [-0.4, -0.2) is 36.6 Å². The first-order chi connectivity index (χ1) is 11.9. The number of rotatable bonds is 1. The van der Waals surface area contributed by atoms with Crippen molar-refractivity contribution in [2.75, 3.05) is 13.2 Å². The first-order valence-electron chi connectivity index (χ1n) is 7.89. The van der Waals surface area contributed by atoms with Crippen LogP contribution < -0.4 is 0 Å². The van der Waals surface area contributed by atoms with Gasteiger partial charge in [-0.15, -0.1) is 0 Å². The zero-order chi connectivity index (χ0) is 17.8. The summed E-state index contributed by atoms with van der Waals surface area (Å²) in [5.41, 5.74) is 2.04. The third-order valence-corrected chi connectivity index (χ3v) is 6.06. The van der Waals surface area contributed by atoms with Crippen LogP contribution in [-0.2, 0) is 14.8 Å². The van der Waals surface area contributed by atoms with Crippen LogP contribution in [0.5, 0.6) is 0 Å². The molecule has 0 radical (unpaired) electrons. The molecule has 3 heterocycles. The van der Waals surface area contributed by atoms with Gasteiger partial charge < -0.3 is 4.74 Å². The summed E-state index contributed by atoms with van der Waals surface area (Å²) in [5, 5.41) is -0.159. The fraction of sp³-hybridized carbons (Fsp3) is 0.222. The summed E-state index contributed by atoms with van der Waals surface area (Å²) < 4.78 is 33.0. The molecule has 0 saturated heterocycles. The van der Waals surface area contributed by atoms with Crippen molar-refractivity contribution in [1.29, 1.82) is 0 Å². The van der Waals surface area contributed by atoms with Gasteiger partial charge in [0.2, 0.25) is 5.78 Å². The standard InChI is InChI=1S/C18H16N2O4S/c1-11-10-12(2)19-18-14(11)16(21)15-17(13-6-4-3-5-7-13)24-9-8-20(15)25(18,22)23/h3-7,10H,8-9H2,1-2H3. The fourth-order valence-corrected chi connectivity index (χ4v) is 4.98. The Kier molecular flexibility index (Phi) is 3.43. The summed E-state index contributed by atoms with van der Waals surface area (Å²) in [4.78, 5) is 17.3. The van der Waals surface area contributed by atoms with Gasteiger partial charge in [-0.3, -0.25) is 9.10 Å². The monoisotopic (exact) mass is 356 g/mol. The molecule has 0 bridgehead atoms. The van der Waals surface area contributed by atoms with E-state index in [-0.39, 0.29) is 35.2 Å². The van der Waals surface area contributed by atoms with Crippen molar-refractivity contribution in [3.05, 3.63) is 64.5 Å². The first-order valence-corrected chi connectivity index (χ1v) is 9.33. The van der Waals surface area contributed by atoms with Crippen LogP contribution in [0.4, 0.5) is 0 Å². The van der Waals surface area contributed by atoms with Gasteiger partial charge in [-0.05, 0) is 25.5 Å². The number of pyridine rings is 1. The number of nitrogens with zero attached hydrogens (tertiary/aromatic N) is 2. The highest BCUT2D eigenvalue weighted by molar-refractivity contribution is 7.89. The Labute approximate surface area is 145 Å². The van der Waals surface area contributed by atoms with Gasteiger partial charge in [0.15, 0.2) is 10.8 Å². The molecular formula is C18H16N2O4S. The molecule has 0 atom stereocenters. The van der Waals surface area contributed by atoms with Crippen LogP contribution >= 0.6 is 0 Å². The Balaban J connectivity index is 2.06. The summed E-state index contributed by atoms with van der Waals surface area (Å²) in [6.07, 6.45) is 0. The van der Waals surface area contributed by atoms with Crippen LogP contribution in [0.25, 0.3) is 5.76 Å². The Morgan fingerprint density at radius 1 is 1.16 bits per heavy atom. The van der Waals surface area contributed by atoms with E-state index in [1.807, 2.05) is 18.2 Å². The zero-order valence-electron chi connectivity index (χ0n) is 13.8. The number of carbonyl (C=O) groups is 1. The molecule has 2 aliphatic rings. The number of aromatic nitrogens is 1. The highest BCUT2D eigenvalue weighted by Gasteiger charge is 2.45. The maximum absolute atomic E-state index is 13.2. The average Bonchev–Trinajstić information content (AvgIpc) is 2.59. The molecule has 0 unspecified atom stereocenters. The Morgan fingerprint density at radius 2 is 1.88 bits per heavy atom. The van der Waals surface area contributed by atoms with Gasteiger partial charge in [-0.25, -0.2) is 4.98 Å². The molecule has 0 amide bonds. The van der Waals surface area contributed by atoms with E-state index in [2.05, 4.69) is 4.98 Å². The number of ether oxygens (including phenoxy) is 1. The fourth-order valence-electron chi connectivity index (χ4n) is 3.28. The molecule has 25 heavy (non-hydrogen) atoms. The molecule has 6 nitrogen and oxygen atoms in total. The Bertz CT molecular complexity index is 1030. The van der Waals surface area contributed by atoms with E-state index in [1.165, 1.54) is 0 Å². The second-order valence-electron chi connectivity index (χ2n) is 6.06. The number of sulfonamides is 1. The molecule has 7 heteroatoms. The third-order valence-electron chi connectivity index (χ3n) is 4.33. The lowest BCUT2D eigenvalue weighted by Crippen LogP contribution is -2.45. The summed E-state index contributed by atoms with van der Waals surface area (Å²) in [7, 11) is -3.90. The molecule has 4 rings (SSSR count). The lowest BCUT2D eigenvalue weighted by Gasteiger charge is -2.35. The predicted molar refractivity (Wildman–Crippen MR) is 91.2 cm³/mol. The molecule has 1 aromatic carbocycles. The van der Waals surface area contributed by atoms with Crippen molar-refractivity contribution in [3.8, 4) is 0 Å². The summed E-state index contributed by atoms with van der Waals surface area (Å²) in [6.45, 7) is 3.71. The summed E-state index contributed by atoms with van der Waals surface area (Å²) in [6, 6.07) is 10.8. The predicted octanol–water partition coefficient (Wildman–Crippen LogP) is 2.28. The summed E-state index contributed by atoms with van der Waals surface area (Å²) in [5.74, 6) is -0.0700. The molecule has 2 aromatic rings. The quantitative estimate of drug-likeness (QED) is 0.783. The highest BCUT2D eigenvalue weighted by atomic mass is 32.2. The minimum absolute atomic E-state index is 0.0682. The molecule has 0 saturated carbocycles. The number of benzene rings is 1. The molecule has 1 aromatic heterocycles. The van der Waals surface area contributed by atoms with Gasteiger partial charge in [-0.1, -0.05) is 30.3 Å². The smallest absolute Gasteiger partial charge is 0.282 e. The number of fused-ring (bicyclic) bond motifs is 2. The second kappa shape index (κ2) is 5.42. The van der Waals surface area contributed by atoms with Crippen molar-refractivity contribution in [2.45, 2.75) is 18.9 Å². The van der Waals surface area contributed by atoms with E-state index in [1.54, 1.807) is 32.0 Å². The number of hydrogen-bond donors (Lipinski definition) is 0. The average molecular weight is 356 g/mol. The van der Waals surface area contributed by atoms with Crippen molar-refractivity contribution >= 4 is 21.6 Å². The minimum atomic E-state index is -3.90. The van der Waals surface area contributed by atoms with Gasteiger partial charge in [0, 0.05) is 11.3 Å². The van der Waals surface area contributed by atoms with E-state index in [0.717, 1.165) is 4.31 Å². The van der Waals surface area contributed by atoms with Crippen LogP contribution in [0.1, 0.15) is 27.2 Å². The molecule has 0 spiro atoms. The van der Waals surface area contributed by atoms with Gasteiger partial charge >= 0.3 is 0 Å². The van der Waals surface area contributed by atoms with E-state index in [0.29, 0.717) is 22.6 Å². The van der Waals surface area contributed by atoms with E-state index < -0.39 is 10.0 Å². The molecule has 0 N–H and O–H groups in total. The zero-order valence-corrected chi connectivity index (χ0v) is 14.6. The van der Waals surface area contributed by atoms with Crippen molar-refractivity contribution in [2.24, 2.45) is 0 Å². The van der Waals surface area contributed by atoms with Gasteiger partial charge in [0.1, 0.15) is 12.3 Å². The second-order valence-corrected chi connectivity index (χ2v) is 7.84. The number of carbonyl (C=O) groups excluding carboxylic acids is 1. The van der Waals surface area contributed by atoms with Gasteiger partial charge in [-0.2, -0.15) is 8.42 Å². The lowest BCUT2D eigenvalue weighted by atomic mass is 10.0. The molecular weight excluding hydrogens is 340 g/mol. The molecule has 0 fully saturated rings. The van der Waals surface area contributed by atoms with Crippen LogP contribution in [0.3, 0.4) is 0 Å². The van der Waals surface area contributed by atoms with Crippen molar-refractivity contribution < 1.29 is 17.9 Å². The number of allylic oxidation sites excluding steroid dienone is 1. The summed E-state index contributed by atoms with van der Waals surface area (Å²) >= 11 is 0.